The number of ether oxygens (including phenoxy) is 1. The quantitative estimate of drug-likeness (QED) is 0.717. The smallest absolute Gasteiger partial charge is 0.293 e. The van der Waals surface area contributed by atoms with Crippen LogP contribution in [0.15, 0.2) is 53.7 Å². The maximum Gasteiger partial charge on any atom is 0.293 e. The van der Waals surface area contributed by atoms with E-state index in [-0.39, 0.29) is 25.4 Å². The summed E-state index contributed by atoms with van der Waals surface area (Å²) >= 11 is 0.836. The fourth-order valence-electron chi connectivity index (χ4n) is 2.37. The second kappa shape index (κ2) is 9.14. The van der Waals surface area contributed by atoms with Gasteiger partial charge in [-0.15, -0.1) is 0 Å². The average molecular weight is 401 g/mol. The van der Waals surface area contributed by atoms with E-state index in [1.165, 1.54) is 18.2 Å². The Morgan fingerprint density at radius 3 is 2.82 bits per heavy atom. The molecule has 3 rings (SSSR count). The van der Waals surface area contributed by atoms with Gasteiger partial charge in [-0.1, -0.05) is 18.2 Å². The molecule has 0 aliphatic carbocycles. The maximum atomic E-state index is 13.4. The van der Waals surface area contributed by atoms with Gasteiger partial charge in [-0.25, -0.2) is 4.39 Å². The van der Waals surface area contributed by atoms with Crippen LogP contribution in [0.2, 0.25) is 0 Å². The number of halogens is 1. The number of thioether (sulfide) groups is 1. The number of amides is 3. The number of pyridine rings is 1. The standard InChI is InChI=1S/C19H16FN3O4S/c20-14-5-1-2-6-15(14)27-12-17(24)22-8-9-23-18(25)16(28-19(23)26)10-13-4-3-7-21-11-13/h1-7,10-11H,8-9,12H2,(H,22,24)/b16-10+. The second-order valence-electron chi connectivity index (χ2n) is 5.69. The van der Waals surface area contributed by atoms with E-state index in [1.54, 1.807) is 36.7 Å². The number of imide groups is 1. The summed E-state index contributed by atoms with van der Waals surface area (Å²) in [5.41, 5.74) is 0.714. The van der Waals surface area contributed by atoms with Crippen LogP contribution in [0.1, 0.15) is 5.56 Å². The minimum Gasteiger partial charge on any atom is -0.481 e. The lowest BCUT2D eigenvalue weighted by Crippen LogP contribution is -2.38. The molecule has 1 aromatic heterocycles. The number of aromatic nitrogens is 1. The Labute approximate surface area is 164 Å². The van der Waals surface area contributed by atoms with Gasteiger partial charge in [0.1, 0.15) is 0 Å². The normalized spacial score (nSPS) is 15.2. The first kappa shape index (κ1) is 19.6. The van der Waals surface area contributed by atoms with Gasteiger partial charge in [0.15, 0.2) is 18.2 Å². The van der Waals surface area contributed by atoms with Crippen molar-refractivity contribution < 1.29 is 23.5 Å². The number of nitrogens with zero attached hydrogens (tertiary/aromatic N) is 2. The largest absolute Gasteiger partial charge is 0.481 e. The van der Waals surface area contributed by atoms with E-state index in [0.29, 0.717) is 10.5 Å². The Hall–Kier alpha value is -3.20. The van der Waals surface area contributed by atoms with Crippen LogP contribution >= 0.6 is 11.8 Å². The molecule has 1 N–H and O–H groups in total. The van der Waals surface area contributed by atoms with E-state index in [4.69, 9.17) is 4.74 Å². The van der Waals surface area contributed by atoms with Gasteiger partial charge in [0.05, 0.1) is 4.91 Å². The number of hydrogen-bond donors (Lipinski definition) is 1. The lowest BCUT2D eigenvalue weighted by Gasteiger charge is -2.13. The highest BCUT2D eigenvalue weighted by molar-refractivity contribution is 8.18. The molecule has 0 spiro atoms. The third-order valence-corrected chi connectivity index (χ3v) is 4.62. The van der Waals surface area contributed by atoms with Gasteiger partial charge in [-0.3, -0.25) is 24.3 Å². The summed E-state index contributed by atoms with van der Waals surface area (Å²) in [4.78, 5) is 41.5. The highest BCUT2D eigenvalue weighted by Gasteiger charge is 2.34. The van der Waals surface area contributed by atoms with Crippen LogP contribution in [0.5, 0.6) is 5.75 Å². The van der Waals surface area contributed by atoms with Gasteiger partial charge in [0.2, 0.25) is 0 Å². The highest BCUT2D eigenvalue weighted by atomic mass is 32.2. The summed E-state index contributed by atoms with van der Waals surface area (Å²) in [5.74, 6) is -1.49. The molecule has 0 radical (unpaired) electrons. The minimum atomic E-state index is -0.562. The van der Waals surface area contributed by atoms with Crippen LogP contribution in [0, 0.1) is 5.82 Å². The number of nitrogens with one attached hydrogen (secondary N) is 1. The zero-order valence-corrected chi connectivity index (χ0v) is 15.4. The Morgan fingerprint density at radius 2 is 2.07 bits per heavy atom. The Morgan fingerprint density at radius 1 is 1.25 bits per heavy atom. The molecule has 1 aromatic carbocycles. The van der Waals surface area contributed by atoms with Crippen molar-refractivity contribution in [3.05, 3.63) is 65.1 Å². The zero-order valence-electron chi connectivity index (χ0n) is 14.6. The molecule has 9 heteroatoms. The van der Waals surface area contributed by atoms with E-state index in [0.717, 1.165) is 16.7 Å². The van der Waals surface area contributed by atoms with Crippen molar-refractivity contribution in [2.45, 2.75) is 0 Å². The van der Waals surface area contributed by atoms with Crippen LogP contribution in [0.4, 0.5) is 9.18 Å². The van der Waals surface area contributed by atoms with Gasteiger partial charge in [0, 0.05) is 25.5 Å². The summed E-state index contributed by atoms with van der Waals surface area (Å²) in [5, 5.41) is 2.13. The molecule has 2 aromatic rings. The van der Waals surface area contributed by atoms with E-state index < -0.39 is 22.9 Å². The van der Waals surface area contributed by atoms with Gasteiger partial charge < -0.3 is 10.1 Å². The summed E-state index contributed by atoms with van der Waals surface area (Å²) < 4.78 is 18.5. The van der Waals surface area contributed by atoms with Crippen molar-refractivity contribution in [3.8, 4) is 5.75 Å². The Bertz CT molecular complexity index is 920. The zero-order chi connectivity index (χ0) is 19.9. The SMILES string of the molecule is O=C(COc1ccccc1F)NCCN1C(=O)S/C(=C/c2cccnc2)C1=O. The van der Waals surface area contributed by atoms with Gasteiger partial charge in [0.25, 0.3) is 17.1 Å². The van der Waals surface area contributed by atoms with Crippen molar-refractivity contribution in [1.82, 2.24) is 15.2 Å². The molecular weight excluding hydrogens is 385 g/mol. The summed E-state index contributed by atoms with van der Waals surface area (Å²) in [6.45, 7) is -0.276. The van der Waals surface area contributed by atoms with Crippen molar-refractivity contribution in [2.75, 3.05) is 19.7 Å². The first-order valence-electron chi connectivity index (χ1n) is 8.34. The molecule has 1 fully saturated rings. The van der Waals surface area contributed by atoms with Crippen LogP contribution in [0.25, 0.3) is 6.08 Å². The Balaban J connectivity index is 1.47. The molecule has 3 amide bonds. The number of para-hydroxylation sites is 1. The fourth-order valence-corrected chi connectivity index (χ4v) is 3.23. The summed E-state index contributed by atoms with van der Waals surface area (Å²) in [6.07, 6.45) is 4.80. The van der Waals surface area contributed by atoms with Crippen LogP contribution in [-0.2, 0) is 9.59 Å². The molecular formula is C19H16FN3O4S. The van der Waals surface area contributed by atoms with Crippen LogP contribution in [0.3, 0.4) is 0 Å². The number of hydrogen-bond acceptors (Lipinski definition) is 6. The van der Waals surface area contributed by atoms with E-state index in [9.17, 15) is 18.8 Å². The Kier molecular flexibility index (Phi) is 6.38. The minimum absolute atomic E-state index is 0.0240. The van der Waals surface area contributed by atoms with Crippen molar-refractivity contribution >= 4 is 34.9 Å². The van der Waals surface area contributed by atoms with Gasteiger partial charge >= 0.3 is 0 Å². The average Bonchev–Trinajstić information content (AvgIpc) is 2.95. The third-order valence-electron chi connectivity index (χ3n) is 3.71. The first-order chi connectivity index (χ1) is 13.5. The molecule has 28 heavy (non-hydrogen) atoms. The summed E-state index contributed by atoms with van der Waals surface area (Å²) in [7, 11) is 0. The van der Waals surface area contributed by atoms with Gasteiger partial charge in [-0.05, 0) is 41.6 Å². The number of carbonyl (C=O) groups excluding carboxylic acids is 3. The topological polar surface area (TPSA) is 88.6 Å². The lowest BCUT2D eigenvalue weighted by atomic mass is 10.2. The first-order valence-corrected chi connectivity index (χ1v) is 9.15. The molecule has 0 unspecified atom stereocenters. The van der Waals surface area contributed by atoms with E-state index in [2.05, 4.69) is 10.3 Å². The van der Waals surface area contributed by atoms with Crippen molar-refractivity contribution in [2.24, 2.45) is 0 Å². The second-order valence-corrected chi connectivity index (χ2v) is 6.68. The van der Waals surface area contributed by atoms with E-state index in [1.807, 2.05) is 0 Å². The number of rotatable bonds is 7. The predicted molar refractivity (Wildman–Crippen MR) is 102 cm³/mol. The predicted octanol–water partition coefficient (Wildman–Crippen LogP) is 2.45. The molecule has 1 saturated heterocycles. The lowest BCUT2D eigenvalue weighted by molar-refractivity contribution is -0.125. The highest BCUT2D eigenvalue weighted by Crippen LogP contribution is 2.31. The molecule has 7 nitrogen and oxygen atoms in total. The molecule has 0 bridgehead atoms. The van der Waals surface area contributed by atoms with Gasteiger partial charge in [-0.2, -0.15) is 0 Å². The molecule has 1 aliphatic heterocycles. The number of benzene rings is 1. The number of carbonyl (C=O) groups is 3. The fraction of sp³-hybridized carbons (Fsp3) is 0.158. The molecule has 0 atom stereocenters. The molecule has 0 saturated carbocycles. The van der Waals surface area contributed by atoms with E-state index >= 15 is 0 Å². The van der Waals surface area contributed by atoms with Crippen molar-refractivity contribution in [1.29, 1.82) is 0 Å². The van der Waals surface area contributed by atoms with Crippen molar-refractivity contribution in [3.63, 3.8) is 0 Å². The molecule has 144 valence electrons. The van der Waals surface area contributed by atoms with Crippen LogP contribution in [-0.4, -0.2) is 46.6 Å². The third kappa shape index (κ3) is 4.95. The molecule has 2 heterocycles. The monoisotopic (exact) mass is 401 g/mol. The molecule has 1 aliphatic rings. The van der Waals surface area contributed by atoms with Crippen LogP contribution < -0.4 is 10.1 Å². The maximum absolute atomic E-state index is 13.4. The summed E-state index contributed by atoms with van der Waals surface area (Å²) in [6, 6.07) is 9.26.